The molecule has 0 aliphatic carbocycles. The van der Waals surface area contributed by atoms with Crippen LogP contribution in [0, 0.1) is 13.8 Å². The minimum absolute atomic E-state index is 0.0848. The average Bonchev–Trinajstić information content (AvgIpc) is 3.23. The van der Waals surface area contributed by atoms with Crippen molar-refractivity contribution in [2.45, 2.75) is 18.7 Å². The Morgan fingerprint density at radius 1 is 0.861 bits per heavy atom. The maximum Gasteiger partial charge on any atom is 0.253 e. The third kappa shape index (κ3) is 4.63. The molecule has 2 aliphatic rings. The molecule has 190 valence electrons. The molecule has 1 amide bonds. The third-order valence-corrected chi connectivity index (χ3v) is 8.76. The molecule has 0 spiro atoms. The van der Waals surface area contributed by atoms with E-state index in [-0.39, 0.29) is 10.8 Å². The van der Waals surface area contributed by atoms with Crippen LogP contribution in [0.15, 0.2) is 59.5 Å². The second-order valence-electron chi connectivity index (χ2n) is 9.09. The minimum Gasteiger partial charge on any atom is -0.379 e. The number of aromatic nitrogens is 2. The second kappa shape index (κ2) is 10.0. The number of benzene rings is 2. The number of aryl methyl sites for hydroxylation is 1. The standard InChI is InChI=1S/C26H31N5O4S/c1-20-25(21(2)31(27-20)23-6-4-3-5-7-23)28-12-14-29(15-13-28)26(32)22-8-10-24(11-9-22)36(33,34)30-16-18-35-19-17-30/h3-11H,12-19H2,1-2H3. The zero-order valence-electron chi connectivity index (χ0n) is 20.6. The normalized spacial score (nSPS) is 17.4. The molecular formula is C26H31N5O4S. The number of para-hydroxylation sites is 1. The van der Waals surface area contributed by atoms with Gasteiger partial charge in [0.15, 0.2) is 0 Å². The van der Waals surface area contributed by atoms with Gasteiger partial charge in [-0.2, -0.15) is 9.40 Å². The topological polar surface area (TPSA) is 88.0 Å². The zero-order valence-corrected chi connectivity index (χ0v) is 21.4. The maximum atomic E-state index is 13.1. The molecule has 36 heavy (non-hydrogen) atoms. The van der Waals surface area contributed by atoms with Crippen molar-refractivity contribution in [2.24, 2.45) is 0 Å². The molecule has 0 unspecified atom stereocenters. The molecule has 0 N–H and O–H groups in total. The summed E-state index contributed by atoms with van der Waals surface area (Å²) in [5, 5.41) is 4.75. The number of piperazine rings is 1. The highest BCUT2D eigenvalue weighted by atomic mass is 32.2. The molecule has 10 heteroatoms. The lowest BCUT2D eigenvalue weighted by atomic mass is 10.1. The van der Waals surface area contributed by atoms with E-state index in [4.69, 9.17) is 9.84 Å². The van der Waals surface area contributed by atoms with Crippen LogP contribution >= 0.6 is 0 Å². The van der Waals surface area contributed by atoms with Gasteiger partial charge in [-0.15, -0.1) is 0 Å². The Bertz CT molecular complexity index is 1320. The van der Waals surface area contributed by atoms with Crippen LogP contribution in [0.4, 0.5) is 5.69 Å². The van der Waals surface area contributed by atoms with Crippen LogP contribution in [-0.2, 0) is 14.8 Å². The fourth-order valence-corrected chi connectivity index (χ4v) is 6.34. The maximum absolute atomic E-state index is 13.1. The van der Waals surface area contributed by atoms with Gasteiger partial charge in [0.1, 0.15) is 0 Å². The quantitative estimate of drug-likeness (QED) is 0.525. The van der Waals surface area contributed by atoms with Crippen molar-refractivity contribution in [3.05, 3.63) is 71.5 Å². The van der Waals surface area contributed by atoms with E-state index in [1.54, 1.807) is 12.1 Å². The fraction of sp³-hybridized carbons (Fsp3) is 0.385. The second-order valence-corrected chi connectivity index (χ2v) is 11.0. The van der Waals surface area contributed by atoms with Crippen molar-refractivity contribution in [3.8, 4) is 5.69 Å². The molecule has 2 aliphatic heterocycles. The van der Waals surface area contributed by atoms with Crippen LogP contribution in [0.1, 0.15) is 21.7 Å². The number of rotatable bonds is 5. The van der Waals surface area contributed by atoms with Crippen molar-refractivity contribution in [2.75, 3.05) is 57.4 Å². The van der Waals surface area contributed by atoms with Gasteiger partial charge < -0.3 is 14.5 Å². The largest absolute Gasteiger partial charge is 0.379 e. The summed E-state index contributed by atoms with van der Waals surface area (Å²) < 4.78 is 34.3. The van der Waals surface area contributed by atoms with Crippen molar-refractivity contribution in [1.82, 2.24) is 19.0 Å². The first-order chi connectivity index (χ1) is 17.4. The Hall–Kier alpha value is -3.21. The first-order valence-electron chi connectivity index (χ1n) is 12.2. The van der Waals surface area contributed by atoms with Crippen LogP contribution in [-0.4, -0.2) is 85.8 Å². The van der Waals surface area contributed by atoms with Crippen LogP contribution in [0.3, 0.4) is 0 Å². The number of ether oxygens (including phenoxy) is 1. The van der Waals surface area contributed by atoms with Gasteiger partial charge in [-0.3, -0.25) is 4.79 Å². The summed E-state index contributed by atoms with van der Waals surface area (Å²) in [5.74, 6) is -0.0848. The van der Waals surface area contributed by atoms with Crippen molar-refractivity contribution in [3.63, 3.8) is 0 Å². The van der Waals surface area contributed by atoms with E-state index >= 15 is 0 Å². The monoisotopic (exact) mass is 509 g/mol. The SMILES string of the molecule is Cc1nn(-c2ccccc2)c(C)c1N1CCN(C(=O)c2ccc(S(=O)(=O)N3CCOCC3)cc2)CC1. The Morgan fingerprint density at radius 2 is 1.50 bits per heavy atom. The number of amides is 1. The summed E-state index contributed by atoms with van der Waals surface area (Å²) in [6.45, 7) is 8.16. The molecule has 3 aromatic rings. The molecule has 5 rings (SSSR count). The number of nitrogens with zero attached hydrogens (tertiary/aromatic N) is 5. The van der Waals surface area contributed by atoms with Gasteiger partial charge in [0.2, 0.25) is 10.0 Å². The predicted octanol–water partition coefficient (Wildman–Crippen LogP) is 2.47. The minimum atomic E-state index is -3.58. The van der Waals surface area contributed by atoms with Gasteiger partial charge in [-0.25, -0.2) is 13.1 Å². The smallest absolute Gasteiger partial charge is 0.253 e. The van der Waals surface area contributed by atoms with E-state index in [2.05, 4.69) is 11.8 Å². The van der Waals surface area contributed by atoms with Gasteiger partial charge in [0.25, 0.3) is 5.91 Å². The van der Waals surface area contributed by atoms with Gasteiger partial charge >= 0.3 is 0 Å². The van der Waals surface area contributed by atoms with Gasteiger partial charge in [0, 0.05) is 44.8 Å². The molecule has 0 bridgehead atoms. The molecule has 2 saturated heterocycles. The molecule has 0 radical (unpaired) electrons. The zero-order chi connectivity index (χ0) is 25.3. The average molecular weight is 510 g/mol. The van der Waals surface area contributed by atoms with Crippen molar-refractivity contribution in [1.29, 1.82) is 0 Å². The van der Waals surface area contributed by atoms with Crippen molar-refractivity contribution < 1.29 is 17.9 Å². The van der Waals surface area contributed by atoms with E-state index in [9.17, 15) is 13.2 Å². The Balaban J connectivity index is 1.25. The molecular weight excluding hydrogens is 478 g/mol. The van der Waals surface area contributed by atoms with E-state index in [0.717, 1.165) is 22.8 Å². The van der Waals surface area contributed by atoms with E-state index in [1.165, 1.54) is 16.4 Å². The molecule has 2 aromatic carbocycles. The van der Waals surface area contributed by atoms with Crippen LogP contribution in [0.5, 0.6) is 0 Å². The van der Waals surface area contributed by atoms with Gasteiger partial charge in [-0.05, 0) is 50.2 Å². The van der Waals surface area contributed by atoms with Crippen LogP contribution in [0.2, 0.25) is 0 Å². The lowest BCUT2D eigenvalue weighted by Crippen LogP contribution is -2.49. The van der Waals surface area contributed by atoms with Gasteiger partial charge in [-0.1, -0.05) is 18.2 Å². The lowest BCUT2D eigenvalue weighted by molar-refractivity contribution is 0.0730. The highest BCUT2D eigenvalue weighted by molar-refractivity contribution is 7.89. The van der Waals surface area contributed by atoms with Crippen molar-refractivity contribution >= 4 is 21.6 Å². The van der Waals surface area contributed by atoms with Crippen LogP contribution in [0.25, 0.3) is 5.69 Å². The van der Waals surface area contributed by atoms with E-state index < -0.39 is 10.0 Å². The fourth-order valence-electron chi connectivity index (χ4n) is 4.93. The van der Waals surface area contributed by atoms with E-state index in [1.807, 2.05) is 46.8 Å². The molecule has 9 nitrogen and oxygen atoms in total. The Morgan fingerprint density at radius 3 is 2.14 bits per heavy atom. The molecule has 3 heterocycles. The first-order valence-corrected chi connectivity index (χ1v) is 13.6. The Kier molecular flexibility index (Phi) is 6.83. The number of sulfonamides is 1. The summed E-state index contributed by atoms with van der Waals surface area (Å²) in [7, 11) is -3.58. The summed E-state index contributed by atoms with van der Waals surface area (Å²) in [6.07, 6.45) is 0. The number of carbonyl (C=O) groups excluding carboxylic acids is 1. The predicted molar refractivity (Wildman–Crippen MR) is 137 cm³/mol. The van der Waals surface area contributed by atoms with E-state index in [0.29, 0.717) is 58.0 Å². The highest BCUT2D eigenvalue weighted by Gasteiger charge is 2.28. The number of carbonyl (C=O) groups is 1. The number of anilines is 1. The van der Waals surface area contributed by atoms with Crippen LogP contribution < -0.4 is 4.90 Å². The summed E-state index contributed by atoms with van der Waals surface area (Å²) in [6, 6.07) is 16.3. The molecule has 0 atom stereocenters. The summed E-state index contributed by atoms with van der Waals surface area (Å²) in [4.78, 5) is 17.5. The summed E-state index contributed by atoms with van der Waals surface area (Å²) >= 11 is 0. The number of hydrogen-bond acceptors (Lipinski definition) is 6. The van der Waals surface area contributed by atoms with Gasteiger partial charge in [0.05, 0.1) is 40.9 Å². The number of morpholine rings is 1. The lowest BCUT2D eigenvalue weighted by Gasteiger charge is -2.36. The summed E-state index contributed by atoms with van der Waals surface area (Å²) in [5.41, 5.74) is 4.68. The molecule has 1 aromatic heterocycles. The Labute approximate surface area is 211 Å². The highest BCUT2D eigenvalue weighted by Crippen LogP contribution is 2.28. The number of hydrogen-bond donors (Lipinski definition) is 0. The molecule has 0 saturated carbocycles. The first kappa shape index (κ1) is 24.5. The molecule has 2 fully saturated rings. The third-order valence-electron chi connectivity index (χ3n) is 6.85.